The second kappa shape index (κ2) is 9.37. The second-order valence-corrected chi connectivity index (χ2v) is 9.49. The summed E-state index contributed by atoms with van der Waals surface area (Å²) in [4.78, 5) is 24.2. The highest BCUT2D eigenvalue weighted by atomic mass is 35.5. The van der Waals surface area contributed by atoms with E-state index in [0.717, 1.165) is 5.52 Å². The first-order valence-electron chi connectivity index (χ1n) is 9.33. The molecule has 2 aromatic carbocycles. The minimum absolute atomic E-state index is 0.0993. The number of benzene rings is 2. The van der Waals surface area contributed by atoms with Crippen molar-refractivity contribution in [2.45, 2.75) is 17.9 Å². The number of nitrogens with zero attached hydrogens (tertiary/aromatic N) is 1. The van der Waals surface area contributed by atoms with Crippen molar-refractivity contribution in [3.8, 4) is 0 Å². The summed E-state index contributed by atoms with van der Waals surface area (Å²) in [5.74, 6) is -0.429. The lowest BCUT2D eigenvalue weighted by atomic mass is 10.2. The molecule has 1 atom stereocenters. The fourth-order valence-corrected chi connectivity index (χ4v) is 4.24. The van der Waals surface area contributed by atoms with E-state index in [9.17, 15) is 18.0 Å². The van der Waals surface area contributed by atoms with Crippen LogP contribution in [-0.4, -0.2) is 42.7 Å². The number of aromatic nitrogens is 1. The number of carbonyl (C=O) groups excluding carboxylic acids is 2. The first kappa shape index (κ1) is 23.9. The molecular weight excluding hydrogens is 479 g/mol. The van der Waals surface area contributed by atoms with Crippen LogP contribution >= 0.6 is 23.2 Å². The molecule has 9 nitrogen and oxygen atoms in total. The average Bonchev–Trinajstić information content (AvgIpc) is 3.06. The van der Waals surface area contributed by atoms with Gasteiger partial charge in [0.25, 0.3) is 15.9 Å². The van der Waals surface area contributed by atoms with Crippen molar-refractivity contribution in [1.82, 2.24) is 14.6 Å². The van der Waals surface area contributed by atoms with Crippen molar-refractivity contribution >= 4 is 61.8 Å². The minimum Gasteiger partial charge on any atom is -0.392 e. The van der Waals surface area contributed by atoms with Crippen LogP contribution in [0.25, 0.3) is 10.9 Å². The van der Waals surface area contributed by atoms with Gasteiger partial charge in [-0.15, -0.1) is 0 Å². The van der Waals surface area contributed by atoms with Gasteiger partial charge in [-0.1, -0.05) is 23.2 Å². The summed E-state index contributed by atoms with van der Waals surface area (Å²) in [6, 6.07) is 9.34. The van der Waals surface area contributed by atoms with Gasteiger partial charge in [-0.25, -0.2) is 17.9 Å². The van der Waals surface area contributed by atoms with Gasteiger partial charge < -0.3 is 20.3 Å². The van der Waals surface area contributed by atoms with Gasteiger partial charge in [-0.2, -0.15) is 0 Å². The van der Waals surface area contributed by atoms with E-state index in [2.05, 4.69) is 10.6 Å². The Morgan fingerprint density at radius 1 is 1.12 bits per heavy atom. The first-order chi connectivity index (χ1) is 15.0. The molecule has 0 fully saturated rings. The topological polar surface area (TPSA) is 130 Å². The maximum absolute atomic E-state index is 12.7. The average molecular weight is 499 g/mol. The van der Waals surface area contributed by atoms with Crippen molar-refractivity contribution in [2.24, 2.45) is 7.05 Å². The largest absolute Gasteiger partial charge is 0.392 e. The number of rotatable bonds is 6. The quantitative estimate of drug-likeness (QED) is 0.414. The SMILES string of the molecule is CC(O)CNC(=O)NS(=O)(=O)c1ccc(NC(=O)c2cc3c(Cl)c(Cl)ccc3n2C)cc1. The molecule has 0 aliphatic carbocycles. The Hall–Kier alpha value is -2.79. The number of amides is 3. The summed E-state index contributed by atoms with van der Waals surface area (Å²) < 4.78 is 28.1. The maximum Gasteiger partial charge on any atom is 0.328 e. The third-order valence-electron chi connectivity index (χ3n) is 4.55. The van der Waals surface area contributed by atoms with E-state index in [4.69, 9.17) is 28.3 Å². The Bertz CT molecular complexity index is 1290. The third-order valence-corrected chi connectivity index (χ3v) is 6.72. The Balaban J connectivity index is 1.74. The first-order valence-corrected chi connectivity index (χ1v) is 11.6. The van der Waals surface area contributed by atoms with Crippen LogP contribution in [0.15, 0.2) is 47.4 Å². The number of hydrogen-bond donors (Lipinski definition) is 4. The van der Waals surface area contributed by atoms with Crippen molar-refractivity contribution < 1.29 is 23.1 Å². The molecule has 1 heterocycles. The summed E-state index contributed by atoms with van der Waals surface area (Å²) in [5.41, 5.74) is 1.41. The van der Waals surface area contributed by atoms with E-state index in [1.54, 1.807) is 29.8 Å². The standard InChI is InChI=1S/C20H20Cl2N4O5S/c1-11(27)10-23-20(29)25-32(30,31)13-5-3-12(4-6-13)24-19(28)17-9-14-16(26(17)2)8-7-15(21)18(14)22/h3-9,11,27H,10H2,1-2H3,(H,24,28)(H2,23,25,29). The monoisotopic (exact) mass is 498 g/mol. The van der Waals surface area contributed by atoms with Gasteiger partial charge in [0.2, 0.25) is 0 Å². The van der Waals surface area contributed by atoms with E-state index in [1.165, 1.54) is 31.2 Å². The Kier molecular flexibility index (Phi) is 6.99. The van der Waals surface area contributed by atoms with Gasteiger partial charge >= 0.3 is 6.03 Å². The lowest BCUT2D eigenvalue weighted by Gasteiger charge is -2.11. The Labute approximate surface area is 194 Å². The number of aliphatic hydroxyl groups is 1. The van der Waals surface area contributed by atoms with Crippen LogP contribution in [0.5, 0.6) is 0 Å². The number of urea groups is 1. The van der Waals surface area contributed by atoms with Crippen molar-refractivity contribution in [1.29, 1.82) is 0 Å². The van der Waals surface area contributed by atoms with Crippen molar-refractivity contribution in [3.05, 3.63) is 58.2 Å². The number of halogens is 2. The molecule has 170 valence electrons. The van der Waals surface area contributed by atoms with Crippen LogP contribution < -0.4 is 15.4 Å². The molecular formula is C20H20Cl2N4O5S. The molecule has 0 aliphatic heterocycles. The molecule has 4 N–H and O–H groups in total. The van der Waals surface area contributed by atoms with Crippen LogP contribution in [0.1, 0.15) is 17.4 Å². The predicted octanol–water partition coefficient (Wildman–Crippen LogP) is 3.11. The number of fused-ring (bicyclic) bond motifs is 1. The highest BCUT2D eigenvalue weighted by molar-refractivity contribution is 7.90. The number of aryl methyl sites for hydroxylation is 1. The normalized spacial score (nSPS) is 12.4. The summed E-state index contributed by atoms with van der Waals surface area (Å²) in [6.45, 7) is 1.35. The molecule has 12 heteroatoms. The number of sulfonamides is 1. The highest BCUT2D eigenvalue weighted by Gasteiger charge is 2.19. The summed E-state index contributed by atoms with van der Waals surface area (Å²) in [7, 11) is -2.41. The predicted molar refractivity (Wildman–Crippen MR) is 123 cm³/mol. The van der Waals surface area contributed by atoms with Gasteiger partial charge in [-0.3, -0.25) is 4.79 Å². The Morgan fingerprint density at radius 3 is 2.41 bits per heavy atom. The van der Waals surface area contributed by atoms with Crippen LogP contribution in [-0.2, 0) is 17.1 Å². The third kappa shape index (κ3) is 5.16. The summed E-state index contributed by atoms with van der Waals surface area (Å²) in [6.07, 6.45) is -0.818. The van der Waals surface area contributed by atoms with Crippen molar-refractivity contribution in [2.75, 3.05) is 11.9 Å². The number of carbonyl (C=O) groups is 2. The molecule has 32 heavy (non-hydrogen) atoms. The van der Waals surface area contributed by atoms with Crippen LogP contribution in [0, 0.1) is 0 Å². The van der Waals surface area contributed by atoms with Gasteiger partial charge in [0.05, 0.1) is 21.0 Å². The molecule has 1 unspecified atom stereocenters. The zero-order chi connectivity index (χ0) is 23.6. The van der Waals surface area contributed by atoms with Crippen LogP contribution in [0.4, 0.5) is 10.5 Å². The molecule has 0 spiro atoms. The molecule has 0 saturated carbocycles. The number of anilines is 1. The van der Waals surface area contributed by atoms with Gasteiger partial charge in [0.15, 0.2) is 0 Å². The molecule has 0 radical (unpaired) electrons. The molecule has 3 rings (SSSR count). The number of nitrogens with one attached hydrogen (secondary N) is 3. The lowest BCUT2D eigenvalue weighted by molar-refractivity contribution is 0.101. The molecule has 0 saturated heterocycles. The van der Waals surface area contributed by atoms with E-state index in [-0.39, 0.29) is 11.4 Å². The van der Waals surface area contributed by atoms with Crippen LogP contribution in [0.3, 0.4) is 0 Å². The molecule has 0 bridgehead atoms. The van der Waals surface area contributed by atoms with Crippen LogP contribution in [0.2, 0.25) is 10.0 Å². The smallest absolute Gasteiger partial charge is 0.328 e. The second-order valence-electron chi connectivity index (χ2n) is 7.03. The zero-order valence-electron chi connectivity index (χ0n) is 17.0. The number of aliphatic hydroxyl groups excluding tert-OH is 1. The van der Waals surface area contributed by atoms with Gasteiger partial charge in [-0.05, 0) is 49.4 Å². The van der Waals surface area contributed by atoms with Gasteiger partial charge in [0, 0.05) is 30.2 Å². The fraction of sp³-hybridized carbons (Fsp3) is 0.200. The molecule has 1 aromatic heterocycles. The van der Waals surface area contributed by atoms with Gasteiger partial charge in [0.1, 0.15) is 5.69 Å². The van der Waals surface area contributed by atoms with E-state index < -0.39 is 28.1 Å². The maximum atomic E-state index is 12.7. The summed E-state index contributed by atoms with van der Waals surface area (Å²) in [5, 5.41) is 15.4. The number of hydrogen-bond acceptors (Lipinski definition) is 5. The van der Waals surface area contributed by atoms with E-state index >= 15 is 0 Å². The fourth-order valence-electron chi connectivity index (χ4n) is 2.94. The molecule has 3 aromatic rings. The highest BCUT2D eigenvalue weighted by Crippen LogP contribution is 2.32. The zero-order valence-corrected chi connectivity index (χ0v) is 19.3. The van der Waals surface area contributed by atoms with Crippen molar-refractivity contribution in [3.63, 3.8) is 0 Å². The molecule has 3 amide bonds. The Morgan fingerprint density at radius 2 is 1.78 bits per heavy atom. The minimum atomic E-state index is -4.13. The van der Waals surface area contributed by atoms with E-state index in [1.807, 2.05) is 4.72 Å². The molecule has 0 aliphatic rings. The summed E-state index contributed by atoms with van der Waals surface area (Å²) >= 11 is 12.3. The van der Waals surface area contributed by atoms with E-state index in [0.29, 0.717) is 26.8 Å². The lowest BCUT2D eigenvalue weighted by Crippen LogP contribution is -2.41.